The molecule has 10 rings (SSSR count). The lowest BCUT2D eigenvalue weighted by molar-refractivity contribution is 0.670. The van der Waals surface area contributed by atoms with Gasteiger partial charge in [0.1, 0.15) is 11.2 Å². The number of rotatable bonds is 5. The van der Waals surface area contributed by atoms with Crippen molar-refractivity contribution >= 4 is 54.3 Å². The van der Waals surface area contributed by atoms with Gasteiger partial charge in [0.25, 0.3) is 0 Å². The normalized spacial score (nSPS) is 16.4. The summed E-state index contributed by atoms with van der Waals surface area (Å²) in [5, 5.41) is 1.91. The van der Waals surface area contributed by atoms with Crippen molar-refractivity contribution in [2.75, 3.05) is 0 Å². The summed E-state index contributed by atoms with van der Waals surface area (Å²) in [5.74, 6) is 0. The van der Waals surface area contributed by atoms with E-state index < -0.39 is 131 Å². The Bertz CT molecular complexity index is 3730. The second-order valence-corrected chi connectivity index (χ2v) is 11.9. The fourth-order valence-electron chi connectivity index (χ4n) is 6.88. The largest absolute Gasteiger partial charge is 0.455 e. The van der Waals surface area contributed by atoms with Crippen LogP contribution >= 0.6 is 0 Å². The number of para-hydroxylation sites is 1. The van der Waals surface area contributed by atoms with Gasteiger partial charge in [-0.05, 0) is 89.8 Å². The second kappa shape index (κ2) is 11.6. The van der Waals surface area contributed by atoms with Gasteiger partial charge in [-0.1, -0.05) is 169 Å². The summed E-state index contributed by atoms with van der Waals surface area (Å²) >= 11 is 0. The molecule has 0 radical (unpaired) electrons. The predicted molar refractivity (Wildman–Crippen MR) is 212 cm³/mol. The van der Waals surface area contributed by atoms with E-state index >= 15 is 0 Å². The molecule has 0 fully saturated rings. The molecule has 1 heterocycles. The van der Waals surface area contributed by atoms with Crippen molar-refractivity contribution in [3.05, 3.63) is 193 Å². The number of fused-ring (bicyclic) bond motifs is 6. The maximum atomic E-state index is 9.56. The quantitative estimate of drug-likeness (QED) is 0.169. The van der Waals surface area contributed by atoms with Crippen molar-refractivity contribution < 1.29 is 27.7 Å². The van der Waals surface area contributed by atoms with E-state index in [9.17, 15) is 11.0 Å². The standard InChI is InChI=1S/C49H32O/c1-2-12-32(13-3-1)30-45-39-17-6-8-19-41(39)48(42-20-9-7-18-40(42)45)35-26-24-33(25-27-35)36-28-29-47-46(31-36)44-23-11-22-43(49(44)50-47)38-21-10-15-34-14-4-5-16-37(34)38/h1-29,31H,30H2/i1D,2D,3D,6D,7D,8D,9D,12D,13D,17D,18D,19D,20D,24D,25D,26D,27D. The van der Waals surface area contributed by atoms with Crippen LogP contribution in [0, 0.1) is 0 Å². The molecule has 0 aliphatic rings. The molecule has 1 heteroatoms. The van der Waals surface area contributed by atoms with Gasteiger partial charge < -0.3 is 4.42 Å². The van der Waals surface area contributed by atoms with E-state index in [4.69, 9.17) is 16.8 Å². The maximum absolute atomic E-state index is 9.56. The molecule has 1 nitrogen and oxygen atoms in total. The Hall–Kier alpha value is -6.44. The highest BCUT2D eigenvalue weighted by atomic mass is 16.3. The fraction of sp³-hybridized carbons (Fsp3) is 0.0204. The molecule has 0 bridgehead atoms. The van der Waals surface area contributed by atoms with Crippen LogP contribution in [0.1, 0.15) is 34.4 Å². The number of furan rings is 1. The Morgan fingerprint density at radius 3 is 1.84 bits per heavy atom. The average molecular weight is 654 g/mol. The molecule has 0 unspecified atom stereocenters. The van der Waals surface area contributed by atoms with Crippen molar-refractivity contribution in [1.82, 2.24) is 0 Å². The minimum Gasteiger partial charge on any atom is -0.455 e. The zero-order valence-corrected chi connectivity index (χ0v) is 26.1. The van der Waals surface area contributed by atoms with Crippen LogP contribution in [0.25, 0.3) is 87.6 Å². The van der Waals surface area contributed by atoms with Crippen molar-refractivity contribution in [2.45, 2.75) is 6.42 Å². The highest BCUT2D eigenvalue weighted by Crippen LogP contribution is 2.42. The summed E-state index contributed by atoms with van der Waals surface area (Å²) in [6.45, 7) is 0. The van der Waals surface area contributed by atoms with E-state index in [1.54, 1.807) is 18.2 Å². The first kappa shape index (κ1) is 16.3. The van der Waals surface area contributed by atoms with Gasteiger partial charge in [-0.3, -0.25) is 0 Å². The molecule has 0 aliphatic carbocycles. The predicted octanol–water partition coefficient (Wildman–Crippen LogP) is 13.6. The molecule has 10 aromatic rings. The first-order valence-electron chi connectivity index (χ1n) is 24.4. The summed E-state index contributed by atoms with van der Waals surface area (Å²) in [4.78, 5) is 0. The van der Waals surface area contributed by atoms with Gasteiger partial charge in [0.05, 0.1) is 23.3 Å². The van der Waals surface area contributed by atoms with E-state index in [1.165, 1.54) is 0 Å². The second-order valence-electron chi connectivity index (χ2n) is 11.9. The first-order chi connectivity index (χ1) is 31.9. The summed E-state index contributed by atoms with van der Waals surface area (Å²) in [5.41, 5.74) is 1.61. The van der Waals surface area contributed by atoms with Crippen LogP contribution in [0.2, 0.25) is 0 Å². The lowest BCUT2D eigenvalue weighted by Crippen LogP contribution is -1.95. The van der Waals surface area contributed by atoms with Crippen LogP contribution in [-0.4, -0.2) is 0 Å². The maximum Gasteiger partial charge on any atom is 0.143 e. The molecule has 9 aromatic carbocycles. The average Bonchev–Trinajstić information content (AvgIpc) is 3.71. The highest BCUT2D eigenvalue weighted by Gasteiger charge is 2.17. The molecule has 1 aromatic heterocycles. The van der Waals surface area contributed by atoms with Crippen LogP contribution in [0.5, 0.6) is 0 Å². The van der Waals surface area contributed by atoms with Crippen LogP contribution in [0.3, 0.4) is 0 Å². The van der Waals surface area contributed by atoms with E-state index in [1.807, 2.05) is 60.7 Å². The van der Waals surface area contributed by atoms with E-state index in [0.717, 1.165) is 27.3 Å². The number of hydrogen-bond donors (Lipinski definition) is 0. The molecule has 0 atom stereocenters. The third-order valence-corrected chi connectivity index (χ3v) is 9.12. The lowest BCUT2D eigenvalue weighted by Gasteiger charge is -2.18. The Labute approximate surface area is 314 Å². The molecule has 0 spiro atoms. The van der Waals surface area contributed by atoms with Gasteiger partial charge in [-0.25, -0.2) is 0 Å². The smallest absolute Gasteiger partial charge is 0.143 e. The summed E-state index contributed by atoms with van der Waals surface area (Å²) in [6.07, 6.45) is -0.657. The minimum absolute atomic E-state index is 0.115. The van der Waals surface area contributed by atoms with E-state index in [-0.39, 0.29) is 27.5 Å². The van der Waals surface area contributed by atoms with Gasteiger partial charge in [-0.15, -0.1) is 0 Å². The van der Waals surface area contributed by atoms with Crippen molar-refractivity contribution in [3.8, 4) is 33.4 Å². The van der Waals surface area contributed by atoms with E-state index in [0.29, 0.717) is 22.1 Å². The van der Waals surface area contributed by atoms with Gasteiger partial charge in [0.15, 0.2) is 0 Å². The number of benzene rings is 9. The fourth-order valence-corrected chi connectivity index (χ4v) is 6.88. The third kappa shape index (κ3) is 4.63. The lowest BCUT2D eigenvalue weighted by atomic mass is 9.86. The van der Waals surface area contributed by atoms with Crippen molar-refractivity contribution in [2.24, 2.45) is 0 Å². The van der Waals surface area contributed by atoms with Crippen LogP contribution in [0.4, 0.5) is 0 Å². The zero-order valence-electron chi connectivity index (χ0n) is 43.1. The Kier molecular flexibility index (Phi) is 3.79. The third-order valence-electron chi connectivity index (χ3n) is 9.12. The summed E-state index contributed by atoms with van der Waals surface area (Å²) in [7, 11) is 0. The molecule has 234 valence electrons. The Morgan fingerprint density at radius 2 is 1.06 bits per heavy atom. The van der Waals surface area contributed by atoms with Gasteiger partial charge in [0, 0.05) is 16.3 Å². The molecule has 50 heavy (non-hydrogen) atoms. The van der Waals surface area contributed by atoms with Crippen molar-refractivity contribution in [1.29, 1.82) is 0 Å². The van der Waals surface area contributed by atoms with Gasteiger partial charge in [-0.2, -0.15) is 0 Å². The van der Waals surface area contributed by atoms with Gasteiger partial charge >= 0.3 is 0 Å². The van der Waals surface area contributed by atoms with Gasteiger partial charge in [0.2, 0.25) is 0 Å². The Morgan fingerprint density at radius 1 is 0.440 bits per heavy atom. The summed E-state index contributed by atoms with van der Waals surface area (Å²) in [6, 6.07) is 13.0. The molecule has 0 saturated heterocycles. The first-order valence-corrected chi connectivity index (χ1v) is 15.9. The monoisotopic (exact) mass is 653 g/mol. The minimum atomic E-state index is -0.774. The highest BCUT2D eigenvalue weighted by molar-refractivity contribution is 6.16. The SMILES string of the molecule is [2H]c1c([2H])c([2H])c(Cc2c3c([2H])c([2H])c([2H])c([2H])c3c(-c3c([2H])c([2H])c(-c4ccc5oc6c(-c7cccc8ccccc78)cccc6c5c4)c([2H])c3[2H])c3c([2H])c([2H])c([2H])c([2H])c23)c([2H])c1[2H]. The molecule has 0 aliphatic heterocycles. The topological polar surface area (TPSA) is 13.1 Å². The molecule has 0 N–H and O–H groups in total. The van der Waals surface area contributed by atoms with Crippen LogP contribution in [0.15, 0.2) is 186 Å². The zero-order chi connectivity index (χ0) is 47.8. The molecular formula is C49H32O. The Balaban J connectivity index is 1.27. The van der Waals surface area contributed by atoms with Crippen LogP contribution in [-0.2, 0) is 6.42 Å². The van der Waals surface area contributed by atoms with E-state index in [2.05, 4.69) is 0 Å². The molecular weight excluding hydrogens is 605 g/mol. The number of hydrogen-bond acceptors (Lipinski definition) is 1. The van der Waals surface area contributed by atoms with Crippen molar-refractivity contribution in [3.63, 3.8) is 0 Å². The molecule has 0 amide bonds. The summed E-state index contributed by atoms with van der Waals surface area (Å²) < 4.78 is 158. The molecule has 0 saturated carbocycles. The van der Waals surface area contributed by atoms with Crippen LogP contribution < -0.4 is 0 Å².